The van der Waals surface area contributed by atoms with E-state index in [4.69, 9.17) is 32.5 Å². The van der Waals surface area contributed by atoms with Crippen molar-refractivity contribution in [3.8, 4) is 23.2 Å². The Kier molecular flexibility index (Phi) is 4.83. The highest BCUT2D eigenvalue weighted by Crippen LogP contribution is 2.32. The van der Waals surface area contributed by atoms with E-state index in [0.29, 0.717) is 32.9 Å². The SMILES string of the molecule is CC(C)Oc1ccc(-c2nc(-n3c(Cl)cc4cc(C=O)ccc43)no2)cc1Cl. The Morgan fingerprint density at radius 1 is 1.14 bits per heavy atom. The predicted octanol–water partition coefficient (Wildman–Crippen LogP) is 5.59. The van der Waals surface area contributed by atoms with E-state index in [1.54, 1.807) is 47.0 Å². The summed E-state index contributed by atoms with van der Waals surface area (Å²) >= 11 is 12.7. The average molecular weight is 416 g/mol. The van der Waals surface area contributed by atoms with Crippen LogP contribution in [0.5, 0.6) is 5.75 Å². The minimum Gasteiger partial charge on any atom is -0.489 e. The minimum atomic E-state index is 0.0160. The fourth-order valence-electron chi connectivity index (χ4n) is 2.88. The maximum atomic E-state index is 11.0. The van der Waals surface area contributed by atoms with Crippen LogP contribution in [0.1, 0.15) is 24.2 Å². The molecule has 0 aliphatic carbocycles. The molecule has 8 heteroatoms. The number of benzene rings is 2. The predicted molar refractivity (Wildman–Crippen MR) is 108 cm³/mol. The first kappa shape index (κ1) is 18.5. The second-order valence-electron chi connectivity index (χ2n) is 6.45. The third kappa shape index (κ3) is 3.37. The third-order valence-corrected chi connectivity index (χ3v) is 4.65. The van der Waals surface area contributed by atoms with Gasteiger partial charge in [0.1, 0.15) is 17.2 Å². The number of carbonyl (C=O) groups is 1. The fourth-order valence-corrected chi connectivity index (χ4v) is 3.39. The maximum Gasteiger partial charge on any atom is 0.276 e. The Hall–Kier alpha value is -2.83. The summed E-state index contributed by atoms with van der Waals surface area (Å²) in [7, 11) is 0. The van der Waals surface area contributed by atoms with Gasteiger partial charge < -0.3 is 9.26 Å². The van der Waals surface area contributed by atoms with Gasteiger partial charge in [0.2, 0.25) is 0 Å². The molecule has 0 unspecified atom stereocenters. The van der Waals surface area contributed by atoms with Crippen molar-refractivity contribution in [1.29, 1.82) is 0 Å². The van der Waals surface area contributed by atoms with E-state index in [1.807, 2.05) is 13.8 Å². The number of aromatic nitrogens is 3. The zero-order valence-corrected chi connectivity index (χ0v) is 16.5. The molecule has 0 N–H and O–H groups in total. The van der Waals surface area contributed by atoms with Crippen molar-refractivity contribution in [2.24, 2.45) is 0 Å². The lowest BCUT2D eigenvalue weighted by Crippen LogP contribution is -2.05. The van der Waals surface area contributed by atoms with Crippen molar-refractivity contribution >= 4 is 40.4 Å². The van der Waals surface area contributed by atoms with Crippen LogP contribution in [0.2, 0.25) is 10.2 Å². The summed E-state index contributed by atoms with van der Waals surface area (Å²) in [6, 6.07) is 12.3. The molecule has 4 rings (SSSR count). The van der Waals surface area contributed by atoms with Crippen LogP contribution < -0.4 is 4.74 Å². The van der Waals surface area contributed by atoms with Crippen LogP contribution in [-0.4, -0.2) is 27.1 Å². The van der Waals surface area contributed by atoms with Crippen LogP contribution in [0.15, 0.2) is 47.0 Å². The van der Waals surface area contributed by atoms with E-state index < -0.39 is 0 Å². The first-order valence-corrected chi connectivity index (χ1v) is 9.28. The zero-order valence-electron chi connectivity index (χ0n) is 15.0. The standard InChI is InChI=1S/C20H15Cl2N3O3/c1-11(2)27-17-6-4-13(8-15(17)21)19-23-20(24-28-19)25-16-5-3-12(10-26)7-14(16)9-18(25)22/h3-11H,1-2H3. The summed E-state index contributed by atoms with van der Waals surface area (Å²) in [5, 5.41) is 5.70. The van der Waals surface area contributed by atoms with E-state index in [2.05, 4.69) is 10.1 Å². The molecule has 6 nitrogen and oxygen atoms in total. The smallest absolute Gasteiger partial charge is 0.276 e. The Balaban J connectivity index is 1.72. The Bertz CT molecular complexity index is 1180. The van der Waals surface area contributed by atoms with E-state index in [9.17, 15) is 4.79 Å². The molecule has 142 valence electrons. The number of carbonyl (C=O) groups excluding carboxylic acids is 1. The first-order chi connectivity index (χ1) is 13.5. The normalized spacial score (nSPS) is 11.3. The molecule has 2 aromatic heterocycles. The molecular weight excluding hydrogens is 401 g/mol. The molecule has 2 heterocycles. The van der Waals surface area contributed by atoms with Crippen LogP contribution in [0, 0.1) is 0 Å². The summed E-state index contributed by atoms with van der Waals surface area (Å²) < 4.78 is 12.7. The number of fused-ring (bicyclic) bond motifs is 1. The molecule has 0 aliphatic rings. The Morgan fingerprint density at radius 2 is 1.96 bits per heavy atom. The van der Waals surface area contributed by atoms with E-state index in [1.165, 1.54) is 0 Å². The Labute approximate surface area is 170 Å². The van der Waals surface area contributed by atoms with E-state index in [0.717, 1.165) is 17.2 Å². The average Bonchev–Trinajstić information content (AvgIpc) is 3.25. The minimum absolute atomic E-state index is 0.0160. The summed E-state index contributed by atoms with van der Waals surface area (Å²) in [4.78, 5) is 15.4. The molecule has 28 heavy (non-hydrogen) atoms. The second kappa shape index (κ2) is 7.30. The maximum absolute atomic E-state index is 11.0. The molecule has 0 saturated carbocycles. The number of aldehydes is 1. The number of rotatable bonds is 5. The van der Waals surface area contributed by atoms with Crippen molar-refractivity contribution < 1.29 is 14.1 Å². The van der Waals surface area contributed by atoms with Gasteiger partial charge in [0.25, 0.3) is 11.8 Å². The molecule has 0 bridgehead atoms. The van der Waals surface area contributed by atoms with Crippen LogP contribution >= 0.6 is 23.2 Å². The van der Waals surface area contributed by atoms with Gasteiger partial charge in [0.15, 0.2) is 0 Å². The molecule has 0 spiro atoms. The van der Waals surface area contributed by atoms with Gasteiger partial charge in [-0.1, -0.05) is 23.2 Å². The lowest BCUT2D eigenvalue weighted by atomic mass is 10.2. The topological polar surface area (TPSA) is 70.2 Å². The summed E-state index contributed by atoms with van der Waals surface area (Å²) in [5.74, 6) is 1.17. The van der Waals surface area contributed by atoms with E-state index >= 15 is 0 Å². The molecule has 0 saturated heterocycles. The zero-order chi connectivity index (χ0) is 19.8. The van der Waals surface area contributed by atoms with Gasteiger partial charge in [0, 0.05) is 16.5 Å². The molecular formula is C20H15Cl2N3O3. The van der Waals surface area contributed by atoms with Crippen molar-refractivity contribution in [1.82, 2.24) is 14.7 Å². The summed E-state index contributed by atoms with van der Waals surface area (Å²) in [5.41, 5.74) is 1.99. The van der Waals surface area contributed by atoms with Gasteiger partial charge >= 0.3 is 0 Å². The molecule has 0 atom stereocenters. The lowest BCUT2D eigenvalue weighted by molar-refractivity contribution is 0.112. The van der Waals surface area contributed by atoms with Gasteiger partial charge in [-0.3, -0.25) is 9.36 Å². The number of hydrogen-bond acceptors (Lipinski definition) is 5. The highest BCUT2D eigenvalue weighted by Gasteiger charge is 2.17. The first-order valence-electron chi connectivity index (χ1n) is 8.53. The highest BCUT2D eigenvalue weighted by atomic mass is 35.5. The second-order valence-corrected chi connectivity index (χ2v) is 7.24. The summed E-state index contributed by atoms with van der Waals surface area (Å²) in [6.45, 7) is 3.86. The fraction of sp³-hybridized carbons (Fsp3) is 0.150. The summed E-state index contributed by atoms with van der Waals surface area (Å²) in [6.07, 6.45) is 0.801. The van der Waals surface area contributed by atoms with Crippen LogP contribution in [-0.2, 0) is 0 Å². The van der Waals surface area contributed by atoms with Gasteiger partial charge in [-0.05, 0) is 61.5 Å². The van der Waals surface area contributed by atoms with Crippen molar-refractivity contribution in [2.75, 3.05) is 0 Å². The quantitative estimate of drug-likeness (QED) is 0.397. The van der Waals surface area contributed by atoms with Crippen molar-refractivity contribution in [3.63, 3.8) is 0 Å². The Morgan fingerprint density at radius 3 is 2.68 bits per heavy atom. The van der Waals surface area contributed by atoms with Gasteiger partial charge in [0.05, 0.1) is 16.6 Å². The van der Waals surface area contributed by atoms with Gasteiger partial charge in [-0.2, -0.15) is 4.98 Å². The lowest BCUT2D eigenvalue weighted by Gasteiger charge is -2.11. The van der Waals surface area contributed by atoms with E-state index in [-0.39, 0.29) is 12.1 Å². The number of halogens is 2. The van der Waals surface area contributed by atoms with Gasteiger partial charge in [-0.15, -0.1) is 0 Å². The van der Waals surface area contributed by atoms with Crippen LogP contribution in [0.25, 0.3) is 28.3 Å². The highest BCUT2D eigenvalue weighted by molar-refractivity contribution is 6.32. The third-order valence-electron chi connectivity index (χ3n) is 4.07. The number of ether oxygens (including phenoxy) is 1. The number of hydrogen-bond donors (Lipinski definition) is 0. The van der Waals surface area contributed by atoms with Crippen molar-refractivity contribution in [2.45, 2.75) is 20.0 Å². The molecule has 4 aromatic rings. The molecule has 0 fully saturated rings. The monoisotopic (exact) mass is 415 g/mol. The largest absolute Gasteiger partial charge is 0.489 e. The van der Waals surface area contributed by atoms with Crippen molar-refractivity contribution in [3.05, 3.63) is 58.2 Å². The molecule has 2 aromatic carbocycles. The van der Waals surface area contributed by atoms with Crippen LogP contribution in [0.3, 0.4) is 0 Å². The molecule has 0 radical (unpaired) electrons. The van der Waals surface area contributed by atoms with Crippen LogP contribution in [0.4, 0.5) is 0 Å². The number of nitrogens with zero attached hydrogens (tertiary/aromatic N) is 3. The molecule has 0 aliphatic heterocycles. The van der Waals surface area contributed by atoms with Gasteiger partial charge in [-0.25, -0.2) is 0 Å². The molecule has 0 amide bonds.